The number of halogens is 4. The van der Waals surface area contributed by atoms with Gasteiger partial charge >= 0.3 is 6.18 Å². The molecule has 13 heavy (non-hydrogen) atoms. The second-order valence-electron chi connectivity index (χ2n) is 2.08. The van der Waals surface area contributed by atoms with E-state index in [2.05, 4.69) is 30.6 Å². The second kappa shape index (κ2) is 3.91. The molecular weight excluding hydrogens is 253 g/mol. The molecule has 72 valence electrons. The van der Waals surface area contributed by atoms with Gasteiger partial charge in [-0.05, 0) is 15.9 Å². The lowest BCUT2D eigenvalue weighted by Gasteiger charge is -2.08. The van der Waals surface area contributed by atoms with E-state index in [9.17, 15) is 13.2 Å². The van der Waals surface area contributed by atoms with Crippen LogP contribution in [0, 0.1) is 0 Å². The van der Waals surface area contributed by atoms with Gasteiger partial charge in [-0.3, -0.25) is 0 Å². The van der Waals surface area contributed by atoms with Crippen molar-refractivity contribution in [3.05, 3.63) is 17.0 Å². The molecule has 0 atom stereocenters. The topological polar surface area (TPSA) is 35.0 Å². The molecule has 0 unspecified atom stereocenters. The predicted molar refractivity (Wildman–Crippen MR) is 41.3 cm³/mol. The molecule has 0 radical (unpaired) electrons. The fourth-order valence-corrected chi connectivity index (χ4v) is 0.893. The Hall–Kier alpha value is -0.850. The maximum absolute atomic E-state index is 11.7. The molecule has 3 nitrogen and oxygen atoms in total. The van der Waals surface area contributed by atoms with Crippen LogP contribution >= 0.6 is 15.9 Å². The lowest BCUT2D eigenvalue weighted by molar-refractivity contribution is -0.154. The smallest absolute Gasteiger partial charge is 0.422 e. The minimum atomic E-state index is -4.36. The molecule has 0 fully saturated rings. The molecule has 0 amide bonds. The quantitative estimate of drug-likeness (QED) is 0.814. The molecular formula is C6H4BrF3N2O. The van der Waals surface area contributed by atoms with E-state index in [4.69, 9.17) is 0 Å². The van der Waals surface area contributed by atoms with Crippen LogP contribution in [0.15, 0.2) is 17.0 Å². The van der Waals surface area contributed by atoms with E-state index < -0.39 is 12.8 Å². The van der Waals surface area contributed by atoms with Crippen LogP contribution < -0.4 is 4.74 Å². The summed E-state index contributed by atoms with van der Waals surface area (Å²) in [5.74, 6) is -0.118. The van der Waals surface area contributed by atoms with Crippen molar-refractivity contribution in [2.24, 2.45) is 0 Å². The Balaban J connectivity index is 2.60. The van der Waals surface area contributed by atoms with E-state index in [1.165, 1.54) is 6.20 Å². The van der Waals surface area contributed by atoms with E-state index in [1.807, 2.05) is 0 Å². The van der Waals surface area contributed by atoms with Gasteiger partial charge in [0.05, 0.1) is 4.47 Å². The maximum Gasteiger partial charge on any atom is 0.422 e. The maximum atomic E-state index is 11.7. The fraction of sp³-hybridized carbons (Fsp3) is 0.333. The minimum absolute atomic E-state index is 0.118. The number of hydrogen-bond acceptors (Lipinski definition) is 3. The zero-order valence-electron chi connectivity index (χ0n) is 6.18. The number of ether oxygens (including phenoxy) is 1. The molecule has 1 aromatic rings. The van der Waals surface area contributed by atoms with E-state index in [1.54, 1.807) is 0 Å². The van der Waals surface area contributed by atoms with Crippen molar-refractivity contribution >= 4 is 15.9 Å². The van der Waals surface area contributed by atoms with Gasteiger partial charge in [0.25, 0.3) is 0 Å². The first kappa shape index (κ1) is 10.2. The summed E-state index contributed by atoms with van der Waals surface area (Å²) >= 11 is 2.95. The highest BCUT2D eigenvalue weighted by molar-refractivity contribution is 9.10. The summed E-state index contributed by atoms with van der Waals surface area (Å²) in [4.78, 5) is 7.07. The fourth-order valence-electron chi connectivity index (χ4n) is 0.558. The van der Waals surface area contributed by atoms with Crippen molar-refractivity contribution in [1.29, 1.82) is 0 Å². The van der Waals surface area contributed by atoms with Crippen LogP contribution in [0.5, 0.6) is 5.88 Å². The summed E-state index contributed by atoms with van der Waals surface area (Å²) in [5, 5.41) is 0. The molecule has 1 rings (SSSR count). The van der Waals surface area contributed by atoms with Crippen molar-refractivity contribution < 1.29 is 17.9 Å². The first-order valence-electron chi connectivity index (χ1n) is 3.14. The Labute approximate surface area is 80.1 Å². The lowest BCUT2D eigenvalue weighted by Crippen LogP contribution is -2.19. The van der Waals surface area contributed by atoms with E-state index in [-0.39, 0.29) is 5.88 Å². The highest BCUT2D eigenvalue weighted by atomic mass is 79.9. The zero-order valence-corrected chi connectivity index (χ0v) is 7.76. The van der Waals surface area contributed by atoms with Crippen molar-refractivity contribution in [1.82, 2.24) is 9.97 Å². The van der Waals surface area contributed by atoms with Crippen LogP contribution in [0.25, 0.3) is 0 Å². The summed E-state index contributed by atoms with van der Waals surface area (Å²) in [6.45, 7) is -1.36. The van der Waals surface area contributed by atoms with Crippen LogP contribution in [0.3, 0.4) is 0 Å². The van der Waals surface area contributed by atoms with Gasteiger partial charge in [-0.1, -0.05) is 0 Å². The Bertz CT molecular complexity index is 291. The molecule has 1 aromatic heterocycles. The molecule has 1 heterocycles. The van der Waals surface area contributed by atoms with Gasteiger partial charge in [0, 0.05) is 6.20 Å². The molecule has 0 N–H and O–H groups in total. The third-order valence-electron chi connectivity index (χ3n) is 1.01. The average molecular weight is 257 g/mol. The number of alkyl halides is 3. The summed E-state index contributed by atoms with van der Waals surface area (Å²) in [7, 11) is 0. The SMILES string of the molecule is FC(F)(F)COc1ncncc1Br. The average Bonchev–Trinajstić information content (AvgIpc) is 2.01. The van der Waals surface area contributed by atoms with Crippen LogP contribution in [0.2, 0.25) is 0 Å². The van der Waals surface area contributed by atoms with Gasteiger partial charge in [0.2, 0.25) is 5.88 Å². The molecule has 0 aliphatic rings. The van der Waals surface area contributed by atoms with Gasteiger partial charge < -0.3 is 4.74 Å². The minimum Gasteiger partial charge on any atom is -0.467 e. The van der Waals surface area contributed by atoms with Crippen molar-refractivity contribution in [3.8, 4) is 5.88 Å². The first-order valence-corrected chi connectivity index (χ1v) is 3.93. The Morgan fingerprint density at radius 1 is 1.46 bits per heavy atom. The molecule has 0 bridgehead atoms. The number of hydrogen-bond donors (Lipinski definition) is 0. The summed E-state index contributed by atoms with van der Waals surface area (Å²) in [6, 6.07) is 0. The van der Waals surface area contributed by atoms with Gasteiger partial charge in [0.1, 0.15) is 6.33 Å². The van der Waals surface area contributed by atoms with Crippen LogP contribution in [-0.4, -0.2) is 22.8 Å². The number of rotatable bonds is 2. The molecule has 7 heteroatoms. The van der Waals surface area contributed by atoms with Crippen molar-refractivity contribution in [2.45, 2.75) is 6.18 Å². The van der Waals surface area contributed by atoms with Crippen molar-refractivity contribution in [2.75, 3.05) is 6.61 Å². The van der Waals surface area contributed by atoms with E-state index in [0.717, 1.165) is 6.33 Å². The highest BCUT2D eigenvalue weighted by Crippen LogP contribution is 2.22. The Kier molecular flexibility index (Phi) is 3.07. The van der Waals surface area contributed by atoms with Crippen LogP contribution in [0.1, 0.15) is 0 Å². The van der Waals surface area contributed by atoms with Crippen LogP contribution in [0.4, 0.5) is 13.2 Å². The largest absolute Gasteiger partial charge is 0.467 e. The standard InChI is InChI=1S/C6H4BrF3N2O/c7-4-1-11-3-12-5(4)13-2-6(8,9)10/h1,3H,2H2. The summed E-state index contributed by atoms with van der Waals surface area (Å²) in [6.07, 6.45) is -1.94. The second-order valence-corrected chi connectivity index (χ2v) is 2.93. The van der Waals surface area contributed by atoms with Crippen molar-refractivity contribution in [3.63, 3.8) is 0 Å². The predicted octanol–water partition coefficient (Wildman–Crippen LogP) is 2.18. The zero-order chi connectivity index (χ0) is 9.90. The van der Waals surface area contributed by atoms with Gasteiger partial charge in [-0.15, -0.1) is 0 Å². The monoisotopic (exact) mass is 256 g/mol. The molecule has 0 saturated carbocycles. The van der Waals surface area contributed by atoms with E-state index >= 15 is 0 Å². The Morgan fingerprint density at radius 2 is 2.15 bits per heavy atom. The molecule has 0 spiro atoms. The van der Waals surface area contributed by atoms with Crippen LogP contribution in [-0.2, 0) is 0 Å². The summed E-state index contributed by atoms with van der Waals surface area (Å²) < 4.78 is 39.7. The first-order chi connectivity index (χ1) is 5.99. The van der Waals surface area contributed by atoms with Gasteiger partial charge in [0.15, 0.2) is 6.61 Å². The molecule has 0 aliphatic heterocycles. The van der Waals surface area contributed by atoms with Gasteiger partial charge in [-0.25, -0.2) is 9.97 Å². The highest BCUT2D eigenvalue weighted by Gasteiger charge is 2.28. The molecule has 0 aromatic carbocycles. The Morgan fingerprint density at radius 3 is 2.69 bits per heavy atom. The van der Waals surface area contributed by atoms with Gasteiger partial charge in [-0.2, -0.15) is 13.2 Å². The lowest BCUT2D eigenvalue weighted by atomic mass is 10.6. The summed E-state index contributed by atoms with van der Waals surface area (Å²) in [5.41, 5.74) is 0. The number of aromatic nitrogens is 2. The molecule has 0 saturated heterocycles. The third kappa shape index (κ3) is 3.58. The normalized spacial score (nSPS) is 11.4. The molecule has 0 aliphatic carbocycles. The number of nitrogens with zero attached hydrogens (tertiary/aromatic N) is 2. The third-order valence-corrected chi connectivity index (χ3v) is 1.55. The van der Waals surface area contributed by atoms with E-state index in [0.29, 0.717) is 4.47 Å².